The standard InChI is InChI=1S/C17H27NO3S/c19-18(20)16-10-12-17(13-11-16)21-14-8-6-4-2-1-3-5-7-9-15-22/h10-13,22H,1-9,14-15H2. The molecule has 124 valence electrons. The van der Waals surface area contributed by atoms with Gasteiger partial charge in [0.25, 0.3) is 5.69 Å². The average Bonchev–Trinajstić information content (AvgIpc) is 2.53. The molecule has 0 aliphatic rings. The molecule has 5 heteroatoms. The lowest BCUT2D eigenvalue weighted by Crippen LogP contribution is -1.97. The minimum atomic E-state index is -0.401. The van der Waals surface area contributed by atoms with Crippen molar-refractivity contribution in [2.75, 3.05) is 12.4 Å². The van der Waals surface area contributed by atoms with Crippen molar-refractivity contribution >= 4 is 18.3 Å². The first-order valence-electron chi connectivity index (χ1n) is 8.22. The summed E-state index contributed by atoms with van der Waals surface area (Å²) < 4.78 is 5.58. The lowest BCUT2D eigenvalue weighted by atomic mass is 10.1. The molecule has 1 rings (SSSR count). The average molecular weight is 325 g/mol. The highest BCUT2D eigenvalue weighted by molar-refractivity contribution is 7.80. The summed E-state index contributed by atoms with van der Waals surface area (Å²) in [6.07, 6.45) is 11.3. The highest BCUT2D eigenvalue weighted by Crippen LogP contribution is 2.17. The van der Waals surface area contributed by atoms with Crippen LogP contribution >= 0.6 is 12.6 Å². The van der Waals surface area contributed by atoms with Crippen LogP contribution in [-0.4, -0.2) is 17.3 Å². The minimum absolute atomic E-state index is 0.0988. The van der Waals surface area contributed by atoms with Crippen LogP contribution in [0, 0.1) is 10.1 Å². The van der Waals surface area contributed by atoms with Crippen LogP contribution < -0.4 is 4.74 Å². The maximum absolute atomic E-state index is 10.5. The first-order chi connectivity index (χ1) is 10.7. The number of nitro benzene ring substituents is 1. The van der Waals surface area contributed by atoms with E-state index >= 15 is 0 Å². The molecule has 0 N–H and O–H groups in total. The molecule has 0 aromatic heterocycles. The maximum Gasteiger partial charge on any atom is 0.269 e. The van der Waals surface area contributed by atoms with Gasteiger partial charge in [0.05, 0.1) is 11.5 Å². The Morgan fingerprint density at radius 3 is 1.86 bits per heavy atom. The molecule has 0 unspecified atom stereocenters. The molecular weight excluding hydrogens is 298 g/mol. The summed E-state index contributed by atoms with van der Waals surface area (Å²) in [5.74, 6) is 1.71. The Balaban J connectivity index is 1.94. The zero-order valence-corrected chi connectivity index (χ0v) is 14.1. The van der Waals surface area contributed by atoms with Gasteiger partial charge < -0.3 is 4.74 Å². The molecule has 0 aliphatic carbocycles. The van der Waals surface area contributed by atoms with Gasteiger partial charge in [-0.2, -0.15) is 12.6 Å². The van der Waals surface area contributed by atoms with Crippen LogP contribution in [0.15, 0.2) is 24.3 Å². The quantitative estimate of drug-likeness (QED) is 0.228. The van der Waals surface area contributed by atoms with Crippen LogP contribution in [-0.2, 0) is 0 Å². The third-order valence-electron chi connectivity index (χ3n) is 3.62. The van der Waals surface area contributed by atoms with E-state index in [-0.39, 0.29) is 5.69 Å². The minimum Gasteiger partial charge on any atom is -0.494 e. The number of rotatable bonds is 13. The predicted molar refractivity (Wildman–Crippen MR) is 94.0 cm³/mol. The Morgan fingerprint density at radius 1 is 0.864 bits per heavy atom. The largest absolute Gasteiger partial charge is 0.494 e. The molecule has 0 radical (unpaired) electrons. The SMILES string of the molecule is O=[N+]([O-])c1ccc(OCCCCCCCCCCCS)cc1. The van der Waals surface area contributed by atoms with Crippen molar-refractivity contribution in [2.24, 2.45) is 0 Å². The van der Waals surface area contributed by atoms with E-state index in [0.29, 0.717) is 12.4 Å². The van der Waals surface area contributed by atoms with Crippen molar-refractivity contribution in [1.82, 2.24) is 0 Å². The van der Waals surface area contributed by atoms with Gasteiger partial charge in [0.15, 0.2) is 0 Å². The molecule has 0 heterocycles. The van der Waals surface area contributed by atoms with Gasteiger partial charge in [0, 0.05) is 12.1 Å². The number of hydrogen-bond donors (Lipinski definition) is 1. The number of thiol groups is 1. The lowest BCUT2D eigenvalue weighted by Gasteiger charge is -2.06. The monoisotopic (exact) mass is 325 g/mol. The molecule has 1 aromatic carbocycles. The van der Waals surface area contributed by atoms with E-state index < -0.39 is 4.92 Å². The van der Waals surface area contributed by atoms with Crippen LogP contribution in [0.1, 0.15) is 57.8 Å². The Bertz CT molecular complexity index is 409. The second-order valence-electron chi connectivity index (χ2n) is 5.51. The second-order valence-corrected chi connectivity index (χ2v) is 5.95. The molecule has 22 heavy (non-hydrogen) atoms. The molecule has 4 nitrogen and oxygen atoms in total. The zero-order valence-electron chi connectivity index (χ0n) is 13.2. The van der Waals surface area contributed by atoms with E-state index in [9.17, 15) is 10.1 Å². The van der Waals surface area contributed by atoms with Crippen molar-refractivity contribution in [3.05, 3.63) is 34.4 Å². The van der Waals surface area contributed by atoms with Crippen molar-refractivity contribution in [3.63, 3.8) is 0 Å². The van der Waals surface area contributed by atoms with Crippen LogP contribution in [0.25, 0.3) is 0 Å². The Kier molecular flexibility index (Phi) is 10.5. The Labute approximate surface area is 138 Å². The van der Waals surface area contributed by atoms with E-state index in [1.807, 2.05) is 0 Å². The Hall–Kier alpha value is -1.23. The summed E-state index contributed by atoms with van der Waals surface area (Å²) >= 11 is 4.21. The number of benzene rings is 1. The molecule has 1 aromatic rings. The summed E-state index contributed by atoms with van der Waals surface area (Å²) in [7, 11) is 0. The fraction of sp³-hybridized carbons (Fsp3) is 0.647. The second kappa shape index (κ2) is 12.3. The summed E-state index contributed by atoms with van der Waals surface area (Å²) in [5, 5.41) is 10.5. The van der Waals surface area contributed by atoms with E-state index in [1.165, 1.54) is 63.5 Å². The van der Waals surface area contributed by atoms with Crippen molar-refractivity contribution in [2.45, 2.75) is 57.8 Å². The zero-order chi connectivity index (χ0) is 16.0. The molecule has 0 aliphatic heterocycles. The summed E-state index contributed by atoms with van der Waals surface area (Å²) in [4.78, 5) is 10.1. The maximum atomic E-state index is 10.5. The fourth-order valence-corrected chi connectivity index (χ4v) is 2.53. The van der Waals surface area contributed by atoms with Gasteiger partial charge in [0.2, 0.25) is 0 Å². The van der Waals surface area contributed by atoms with Gasteiger partial charge >= 0.3 is 0 Å². The fourth-order valence-electron chi connectivity index (χ4n) is 2.31. The number of non-ortho nitro benzene ring substituents is 1. The first-order valence-corrected chi connectivity index (χ1v) is 8.85. The van der Waals surface area contributed by atoms with E-state index in [0.717, 1.165) is 12.2 Å². The molecule has 0 atom stereocenters. The normalized spacial score (nSPS) is 10.6. The van der Waals surface area contributed by atoms with Crippen molar-refractivity contribution in [1.29, 1.82) is 0 Å². The highest BCUT2D eigenvalue weighted by atomic mass is 32.1. The smallest absolute Gasteiger partial charge is 0.269 e. The first kappa shape index (κ1) is 18.8. The number of unbranched alkanes of at least 4 members (excludes halogenated alkanes) is 8. The number of hydrogen-bond acceptors (Lipinski definition) is 4. The molecule has 0 saturated heterocycles. The van der Waals surface area contributed by atoms with Crippen LogP contribution in [0.5, 0.6) is 5.75 Å². The summed E-state index contributed by atoms with van der Waals surface area (Å²) in [6.45, 7) is 0.680. The molecular formula is C17H27NO3S. The van der Waals surface area contributed by atoms with Crippen LogP contribution in [0.3, 0.4) is 0 Å². The van der Waals surface area contributed by atoms with Gasteiger partial charge in [-0.05, 0) is 30.7 Å². The van der Waals surface area contributed by atoms with Crippen molar-refractivity contribution < 1.29 is 9.66 Å². The topological polar surface area (TPSA) is 52.4 Å². The third kappa shape index (κ3) is 8.93. The Morgan fingerprint density at radius 2 is 1.36 bits per heavy atom. The highest BCUT2D eigenvalue weighted by Gasteiger charge is 2.03. The van der Waals surface area contributed by atoms with Gasteiger partial charge in [-0.15, -0.1) is 0 Å². The number of nitrogens with zero attached hydrogens (tertiary/aromatic N) is 1. The van der Waals surface area contributed by atoms with Gasteiger partial charge in [-0.25, -0.2) is 0 Å². The van der Waals surface area contributed by atoms with Gasteiger partial charge in [-0.3, -0.25) is 10.1 Å². The van der Waals surface area contributed by atoms with E-state index in [4.69, 9.17) is 4.74 Å². The number of ether oxygens (including phenoxy) is 1. The van der Waals surface area contributed by atoms with Crippen LogP contribution in [0.4, 0.5) is 5.69 Å². The molecule has 0 fully saturated rings. The van der Waals surface area contributed by atoms with E-state index in [2.05, 4.69) is 12.6 Å². The van der Waals surface area contributed by atoms with Crippen LogP contribution in [0.2, 0.25) is 0 Å². The number of nitro groups is 1. The van der Waals surface area contributed by atoms with Gasteiger partial charge in [0.1, 0.15) is 5.75 Å². The predicted octanol–water partition coefficient (Wildman–Crippen LogP) is 5.41. The molecule has 0 amide bonds. The third-order valence-corrected chi connectivity index (χ3v) is 3.93. The summed E-state index contributed by atoms with van der Waals surface area (Å²) in [6, 6.07) is 6.26. The summed E-state index contributed by atoms with van der Waals surface area (Å²) in [5.41, 5.74) is 0.0988. The molecule has 0 spiro atoms. The lowest BCUT2D eigenvalue weighted by molar-refractivity contribution is -0.384. The molecule has 0 saturated carbocycles. The van der Waals surface area contributed by atoms with Crippen molar-refractivity contribution in [3.8, 4) is 5.75 Å². The van der Waals surface area contributed by atoms with E-state index in [1.54, 1.807) is 12.1 Å². The van der Waals surface area contributed by atoms with Gasteiger partial charge in [-0.1, -0.05) is 44.9 Å². The molecule has 0 bridgehead atoms.